The minimum atomic E-state index is 0.0965. The van der Waals surface area contributed by atoms with Gasteiger partial charge in [-0.2, -0.15) is 0 Å². The molecule has 0 radical (unpaired) electrons. The van der Waals surface area contributed by atoms with Crippen molar-refractivity contribution in [3.63, 3.8) is 0 Å². The first-order valence-corrected chi connectivity index (χ1v) is 2.80. The Labute approximate surface area is 47.5 Å². The summed E-state index contributed by atoms with van der Waals surface area (Å²) in [5.41, 5.74) is 0. The molecule has 2 heterocycles. The summed E-state index contributed by atoms with van der Waals surface area (Å²) in [5.74, 6) is 0. The van der Waals surface area contributed by atoms with Crippen LogP contribution in [0.25, 0.3) is 0 Å². The van der Waals surface area contributed by atoms with E-state index in [0.717, 1.165) is 13.2 Å². The molecule has 2 atom stereocenters. The summed E-state index contributed by atoms with van der Waals surface area (Å²) in [7, 11) is 0. The third kappa shape index (κ3) is 1.18. The van der Waals surface area contributed by atoms with Crippen molar-refractivity contribution in [1.82, 2.24) is 0 Å². The number of hydrogen-bond acceptors (Lipinski definition) is 3. The summed E-state index contributed by atoms with van der Waals surface area (Å²) < 4.78 is 14.8. The van der Waals surface area contributed by atoms with Crippen LogP contribution in [-0.2, 0) is 14.2 Å². The SMILES string of the molecule is C1OC1COC1CO1. The third-order valence-electron chi connectivity index (χ3n) is 1.17. The Balaban J connectivity index is 1.56. The van der Waals surface area contributed by atoms with Crippen molar-refractivity contribution in [3.05, 3.63) is 0 Å². The van der Waals surface area contributed by atoms with Gasteiger partial charge in [0.1, 0.15) is 12.7 Å². The highest BCUT2D eigenvalue weighted by Gasteiger charge is 2.29. The van der Waals surface area contributed by atoms with Crippen LogP contribution in [0.2, 0.25) is 0 Å². The Bertz CT molecular complexity index is 73.7. The molecular weight excluding hydrogens is 108 g/mol. The van der Waals surface area contributed by atoms with Gasteiger partial charge in [0.2, 0.25) is 0 Å². The second-order valence-electron chi connectivity index (χ2n) is 2.05. The third-order valence-corrected chi connectivity index (χ3v) is 1.17. The summed E-state index contributed by atoms with van der Waals surface area (Å²) in [6.07, 6.45) is 0.471. The fourth-order valence-electron chi connectivity index (χ4n) is 0.514. The van der Waals surface area contributed by atoms with Gasteiger partial charge >= 0.3 is 0 Å². The summed E-state index contributed by atoms with van der Waals surface area (Å²) >= 11 is 0. The lowest BCUT2D eigenvalue weighted by atomic mass is 10.5. The zero-order valence-corrected chi connectivity index (χ0v) is 4.50. The number of hydrogen-bond donors (Lipinski definition) is 0. The van der Waals surface area contributed by atoms with E-state index in [9.17, 15) is 0 Å². The lowest BCUT2D eigenvalue weighted by Crippen LogP contribution is -2.02. The largest absolute Gasteiger partial charge is 0.371 e. The molecule has 2 unspecified atom stereocenters. The predicted molar refractivity (Wildman–Crippen MR) is 25.4 cm³/mol. The average molecular weight is 116 g/mol. The zero-order valence-electron chi connectivity index (χ0n) is 4.50. The van der Waals surface area contributed by atoms with E-state index in [1.807, 2.05) is 0 Å². The van der Waals surface area contributed by atoms with E-state index in [2.05, 4.69) is 0 Å². The van der Waals surface area contributed by atoms with Gasteiger partial charge in [-0.1, -0.05) is 0 Å². The van der Waals surface area contributed by atoms with Crippen molar-refractivity contribution in [1.29, 1.82) is 0 Å². The number of ether oxygens (including phenoxy) is 3. The molecule has 3 heteroatoms. The van der Waals surface area contributed by atoms with Crippen LogP contribution in [0.4, 0.5) is 0 Å². The molecule has 0 aromatic rings. The predicted octanol–water partition coefficient (Wildman–Crippen LogP) is -0.242. The Morgan fingerprint density at radius 1 is 1.38 bits per heavy atom. The monoisotopic (exact) mass is 116 g/mol. The van der Waals surface area contributed by atoms with E-state index in [4.69, 9.17) is 14.2 Å². The van der Waals surface area contributed by atoms with Crippen molar-refractivity contribution < 1.29 is 14.2 Å². The standard InChI is InChI=1S/C5H8O3/c1-4(6-1)2-7-5-3-8-5/h4-5H,1-3H2. The van der Waals surface area contributed by atoms with Crippen LogP contribution in [0.5, 0.6) is 0 Å². The van der Waals surface area contributed by atoms with Crippen LogP contribution in [0.3, 0.4) is 0 Å². The van der Waals surface area contributed by atoms with Crippen LogP contribution >= 0.6 is 0 Å². The van der Waals surface area contributed by atoms with Gasteiger partial charge in [-0.15, -0.1) is 0 Å². The topological polar surface area (TPSA) is 34.3 Å². The van der Waals surface area contributed by atoms with Gasteiger partial charge in [-0.25, -0.2) is 0 Å². The van der Waals surface area contributed by atoms with Crippen LogP contribution in [-0.4, -0.2) is 32.2 Å². The van der Waals surface area contributed by atoms with E-state index < -0.39 is 0 Å². The molecule has 8 heavy (non-hydrogen) atoms. The van der Waals surface area contributed by atoms with E-state index in [1.165, 1.54) is 0 Å². The maximum Gasteiger partial charge on any atom is 0.181 e. The Morgan fingerprint density at radius 2 is 2.12 bits per heavy atom. The molecule has 2 saturated heterocycles. The van der Waals surface area contributed by atoms with Crippen molar-refractivity contribution in [2.24, 2.45) is 0 Å². The number of rotatable bonds is 3. The molecule has 0 aromatic carbocycles. The van der Waals surface area contributed by atoms with E-state index in [0.29, 0.717) is 12.7 Å². The minimum absolute atomic E-state index is 0.0965. The van der Waals surface area contributed by atoms with Gasteiger partial charge in [0.05, 0.1) is 13.2 Å². The first kappa shape index (κ1) is 4.73. The van der Waals surface area contributed by atoms with Gasteiger partial charge in [0, 0.05) is 0 Å². The normalized spacial score (nSPS) is 42.0. The van der Waals surface area contributed by atoms with Gasteiger partial charge in [0.25, 0.3) is 0 Å². The Kier molecular flexibility index (Phi) is 0.997. The van der Waals surface area contributed by atoms with Gasteiger partial charge < -0.3 is 14.2 Å². The van der Waals surface area contributed by atoms with Crippen LogP contribution in [0.15, 0.2) is 0 Å². The highest BCUT2D eigenvalue weighted by Crippen LogP contribution is 2.15. The summed E-state index contributed by atoms with van der Waals surface area (Å²) in [5, 5.41) is 0. The van der Waals surface area contributed by atoms with Gasteiger partial charge in [-0.05, 0) is 0 Å². The molecule has 0 amide bonds. The Hall–Kier alpha value is -0.120. The maximum atomic E-state index is 5.13. The smallest absolute Gasteiger partial charge is 0.181 e. The minimum Gasteiger partial charge on any atom is -0.371 e. The molecule has 0 aliphatic carbocycles. The highest BCUT2D eigenvalue weighted by molar-refractivity contribution is 4.69. The molecule has 0 saturated carbocycles. The van der Waals surface area contributed by atoms with Crippen molar-refractivity contribution in [2.45, 2.75) is 12.4 Å². The van der Waals surface area contributed by atoms with E-state index >= 15 is 0 Å². The van der Waals surface area contributed by atoms with Crippen LogP contribution < -0.4 is 0 Å². The molecular formula is C5H8O3. The molecule has 46 valence electrons. The van der Waals surface area contributed by atoms with E-state index in [1.54, 1.807) is 0 Å². The molecule has 2 rings (SSSR count). The highest BCUT2D eigenvalue weighted by atomic mass is 16.8. The first-order valence-electron chi connectivity index (χ1n) is 2.80. The van der Waals surface area contributed by atoms with Gasteiger partial charge in [-0.3, -0.25) is 0 Å². The maximum absolute atomic E-state index is 5.13. The van der Waals surface area contributed by atoms with Crippen molar-refractivity contribution in [3.8, 4) is 0 Å². The molecule has 2 aliphatic heterocycles. The lowest BCUT2D eigenvalue weighted by Gasteiger charge is -1.91. The molecule has 0 aromatic heterocycles. The summed E-state index contributed by atoms with van der Waals surface area (Å²) in [6, 6.07) is 0. The number of epoxide rings is 2. The fraction of sp³-hybridized carbons (Fsp3) is 1.00. The summed E-state index contributed by atoms with van der Waals surface area (Å²) in [4.78, 5) is 0. The second-order valence-corrected chi connectivity index (χ2v) is 2.05. The second kappa shape index (κ2) is 1.69. The molecule has 2 fully saturated rings. The van der Waals surface area contributed by atoms with Crippen LogP contribution in [0, 0.1) is 0 Å². The average Bonchev–Trinajstić information content (AvgIpc) is 2.60. The van der Waals surface area contributed by atoms with Crippen LogP contribution in [0.1, 0.15) is 0 Å². The van der Waals surface area contributed by atoms with Gasteiger partial charge in [0.15, 0.2) is 6.29 Å². The Morgan fingerprint density at radius 3 is 2.62 bits per heavy atom. The molecule has 0 bridgehead atoms. The molecule has 3 nitrogen and oxygen atoms in total. The molecule has 2 aliphatic rings. The fourth-order valence-corrected chi connectivity index (χ4v) is 0.514. The first-order chi connectivity index (χ1) is 3.95. The quantitative estimate of drug-likeness (QED) is 0.477. The van der Waals surface area contributed by atoms with Crippen molar-refractivity contribution >= 4 is 0 Å². The molecule has 0 spiro atoms. The molecule has 0 N–H and O–H groups in total. The summed E-state index contributed by atoms with van der Waals surface area (Å²) in [6.45, 7) is 2.35. The van der Waals surface area contributed by atoms with E-state index in [-0.39, 0.29) is 6.29 Å². The lowest BCUT2D eigenvalue weighted by molar-refractivity contribution is 0.0406. The zero-order chi connectivity index (χ0) is 5.40. The van der Waals surface area contributed by atoms with Crippen molar-refractivity contribution in [2.75, 3.05) is 19.8 Å².